The number of pyridine rings is 1. The van der Waals surface area contributed by atoms with Gasteiger partial charge in [-0.05, 0) is 50.2 Å². The second kappa shape index (κ2) is 5.81. The number of nitrogens with zero attached hydrogens (tertiary/aromatic N) is 1. The van der Waals surface area contributed by atoms with Gasteiger partial charge < -0.3 is 9.47 Å². The summed E-state index contributed by atoms with van der Waals surface area (Å²) in [6.07, 6.45) is 10.1. The molecule has 2 atom stereocenters. The van der Waals surface area contributed by atoms with Crippen molar-refractivity contribution in [1.29, 1.82) is 0 Å². The summed E-state index contributed by atoms with van der Waals surface area (Å²) in [5.74, 6) is 0. The van der Waals surface area contributed by atoms with E-state index in [4.69, 9.17) is 9.47 Å². The molecule has 1 saturated heterocycles. The Bertz CT molecular complexity index is 388. The van der Waals surface area contributed by atoms with E-state index >= 15 is 0 Å². The van der Waals surface area contributed by atoms with Gasteiger partial charge in [-0.3, -0.25) is 4.98 Å². The molecule has 2 heterocycles. The van der Waals surface area contributed by atoms with E-state index in [1.165, 1.54) is 31.2 Å². The van der Waals surface area contributed by atoms with E-state index in [1.807, 2.05) is 12.3 Å². The fourth-order valence-electron chi connectivity index (χ4n) is 2.87. The van der Waals surface area contributed by atoms with Gasteiger partial charge in [0.2, 0.25) is 0 Å². The van der Waals surface area contributed by atoms with Crippen LogP contribution in [0.15, 0.2) is 18.3 Å². The summed E-state index contributed by atoms with van der Waals surface area (Å²) in [5, 5.41) is 0. The largest absolute Gasteiger partial charge is 0.353 e. The highest BCUT2D eigenvalue weighted by molar-refractivity contribution is 5.23. The average Bonchev–Trinajstić information content (AvgIpc) is 2.63. The zero-order chi connectivity index (χ0) is 12.2. The molecule has 0 saturated carbocycles. The molecule has 1 aromatic rings. The molecule has 0 bridgehead atoms. The molecule has 3 nitrogen and oxygen atoms in total. The normalized spacial score (nSPS) is 28.4. The van der Waals surface area contributed by atoms with E-state index in [-0.39, 0.29) is 12.4 Å². The average molecular weight is 247 g/mol. The number of aryl methyl sites for hydroxylation is 1. The van der Waals surface area contributed by atoms with Gasteiger partial charge in [0, 0.05) is 12.8 Å². The fraction of sp³-hybridized carbons (Fsp3) is 0.667. The van der Waals surface area contributed by atoms with Crippen LogP contribution in [0.2, 0.25) is 0 Å². The smallest absolute Gasteiger partial charge is 0.158 e. The van der Waals surface area contributed by atoms with E-state index in [1.54, 1.807) is 0 Å². The Hall–Kier alpha value is -0.930. The minimum Gasteiger partial charge on any atom is -0.353 e. The van der Waals surface area contributed by atoms with Crippen LogP contribution in [0.5, 0.6) is 0 Å². The zero-order valence-electron chi connectivity index (χ0n) is 10.8. The molecular formula is C15H21NO2. The second-order valence-corrected chi connectivity index (χ2v) is 5.21. The fourth-order valence-corrected chi connectivity index (χ4v) is 2.87. The molecule has 0 radical (unpaired) electrons. The quantitative estimate of drug-likeness (QED) is 0.751. The lowest BCUT2D eigenvalue weighted by Gasteiger charge is -2.27. The van der Waals surface area contributed by atoms with Crippen LogP contribution >= 0.6 is 0 Å². The number of aromatic nitrogens is 1. The molecular weight excluding hydrogens is 226 g/mol. The van der Waals surface area contributed by atoms with Crippen molar-refractivity contribution in [3.05, 3.63) is 29.6 Å². The summed E-state index contributed by atoms with van der Waals surface area (Å²) in [6, 6.07) is 4.21. The van der Waals surface area contributed by atoms with Crippen molar-refractivity contribution in [2.24, 2.45) is 0 Å². The maximum Gasteiger partial charge on any atom is 0.158 e. The summed E-state index contributed by atoms with van der Waals surface area (Å²) in [4.78, 5) is 4.55. The van der Waals surface area contributed by atoms with Gasteiger partial charge in [-0.2, -0.15) is 0 Å². The Morgan fingerprint density at radius 2 is 2.11 bits per heavy atom. The molecule has 2 aliphatic rings. The Balaban J connectivity index is 1.74. The van der Waals surface area contributed by atoms with E-state index in [0.29, 0.717) is 0 Å². The van der Waals surface area contributed by atoms with Crippen LogP contribution in [0.1, 0.15) is 55.9 Å². The Labute approximate surface area is 109 Å². The first-order valence-corrected chi connectivity index (χ1v) is 7.14. The number of ether oxygens (including phenoxy) is 2. The molecule has 1 aromatic heterocycles. The highest BCUT2D eigenvalue weighted by Gasteiger charge is 2.25. The predicted molar refractivity (Wildman–Crippen MR) is 69.2 cm³/mol. The van der Waals surface area contributed by atoms with Crippen LogP contribution < -0.4 is 0 Å². The Morgan fingerprint density at radius 3 is 3.00 bits per heavy atom. The van der Waals surface area contributed by atoms with E-state index in [2.05, 4.69) is 11.1 Å². The van der Waals surface area contributed by atoms with Crippen LogP contribution in [0.3, 0.4) is 0 Å². The van der Waals surface area contributed by atoms with Crippen molar-refractivity contribution in [2.45, 2.75) is 57.3 Å². The zero-order valence-corrected chi connectivity index (χ0v) is 10.8. The standard InChI is InChI=1S/C15H21NO2/c1-2-8-13(18-14-9-3-4-11-17-14)15-12(6-1)7-5-10-16-15/h5,7,10,13-14H,1-4,6,8-9,11H2. The lowest BCUT2D eigenvalue weighted by Crippen LogP contribution is -2.25. The van der Waals surface area contributed by atoms with Gasteiger partial charge in [0.15, 0.2) is 6.29 Å². The van der Waals surface area contributed by atoms with Gasteiger partial charge in [0.05, 0.1) is 5.69 Å². The molecule has 2 unspecified atom stereocenters. The third-order valence-electron chi connectivity index (χ3n) is 3.85. The van der Waals surface area contributed by atoms with Gasteiger partial charge in [0.25, 0.3) is 0 Å². The third kappa shape index (κ3) is 2.73. The summed E-state index contributed by atoms with van der Waals surface area (Å²) >= 11 is 0. The topological polar surface area (TPSA) is 31.4 Å². The maximum absolute atomic E-state index is 6.15. The van der Waals surface area contributed by atoms with Crippen molar-refractivity contribution in [3.8, 4) is 0 Å². The number of hydrogen-bond donors (Lipinski definition) is 0. The third-order valence-corrected chi connectivity index (χ3v) is 3.85. The minimum absolute atomic E-state index is 0.0169. The molecule has 1 aliphatic heterocycles. The highest BCUT2D eigenvalue weighted by atomic mass is 16.7. The molecule has 18 heavy (non-hydrogen) atoms. The lowest BCUT2D eigenvalue weighted by atomic mass is 10.1. The minimum atomic E-state index is -0.0169. The molecule has 1 aliphatic carbocycles. The van der Waals surface area contributed by atoms with Gasteiger partial charge in [-0.25, -0.2) is 0 Å². The van der Waals surface area contributed by atoms with Gasteiger partial charge in [-0.1, -0.05) is 12.5 Å². The molecule has 0 amide bonds. The van der Waals surface area contributed by atoms with Crippen molar-refractivity contribution >= 4 is 0 Å². The molecule has 1 fully saturated rings. The number of hydrogen-bond acceptors (Lipinski definition) is 3. The molecule has 0 spiro atoms. The van der Waals surface area contributed by atoms with Crippen LogP contribution in [0.25, 0.3) is 0 Å². The van der Waals surface area contributed by atoms with Crippen LogP contribution in [-0.2, 0) is 15.9 Å². The predicted octanol–water partition coefficient (Wildman–Crippen LogP) is 3.39. The van der Waals surface area contributed by atoms with Crippen molar-refractivity contribution in [3.63, 3.8) is 0 Å². The molecule has 3 heteroatoms. The van der Waals surface area contributed by atoms with Crippen LogP contribution in [-0.4, -0.2) is 17.9 Å². The van der Waals surface area contributed by atoms with Crippen molar-refractivity contribution < 1.29 is 9.47 Å². The van der Waals surface area contributed by atoms with Crippen molar-refractivity contribution in [1.82, 2.24) is 4.98 Å². The Morgan fingerprint density at radius 1 is 1.17 bits per heavy atom. The lowest BCUT2D eigenvalue weighted by molar-refractivity contribution is -0.192. The van der Waals surface area contributed by atoms with Crippen molar-refractivity contribution in [2.75, 3.05) is 6.61 Å². The summed E-state index contributed by atoms with van der Waals surface area (Å²) < 4.78 is 11.8. The maximum atomic E-state index is 6.15. The van der Waals surface area contributed by atoms with E-state index in [9.17, 15) is 0 Å². The highest BCUT2D eigenvalue weighted by Crippen LogP contribution is 2.32. The van der Waals surface area contributed by atoms with E-state index < -0.39 is 0 Å². The molecule has 0 N–H and O–H groups in total. The summed E-state index contributed by atoms with van der Waals surface area (Å²) in [6.45, 7) is 0.840. The first-order valence-electron chi connectivity index (χ1n) is 7.14. The van der Waals surface area contributed by atoms with Gasteiger partial charge >= 0.3 is 0 Å². The molecule has 0 aromatic carbocycles. The monoisotopic (exact) mass is 247 g/mol. The molecule has 3 rings (SSSR count). The van der Waals surface area contributed by atoms with Crippen LogP contribution in [0, 0.1) is 0 Å². The van der Waals surface area contributed by atoms with E-state index in [0.717, 1.165) is 31.6 Å². The first-order chi connectivity index (χ1) is 8.93. The second-order valence-electron chi connectivity index (χ2n) is 5.21. The molecule has 98 valence electrons. The van der Waals surface area contributed by atoms with Gasteiger partial charge in [-0.15, -0.1) is 0 Å². The first kappa shape index (κ1) is 12.1. The Kier molecular flexibility index (Phi) is 3.91. The summed E-state index contributed by atoms with van der Waals surface area (Å²) in [7, 11) is 0. The van der Waals surface area contributed by atoms with Crippen LogP contribution in [0.4, 0.5) is 0 Å². The summed E-state index contributed by atoms with van der Waals surface area (Å²) in [5.41, 5.74) is 2.50. The SMILES string of the molecule is c1cnc2c(c1)CCCCC2OC1CCCCO1. The number of fused-ring (bicyclic) bond motifs is 1. The number of rotatable bonds is 2. The van der Waals surface area contributed by atoms with Gasteiger partial charge in [0.1, 0.15) is 6.10 Å².